The second-order valence-corrected chi connectivity index (χ2v) is 7.49. The number of aromatic nitrogens is 1. The molecule has 6 nitrogen and oxygen atoms in total. The van der Waals surface area contributed by atoms with Gasteiger partial charge in [-0.1, -0.05) is 35.6 Å². The summed E-state index contributed by atoms with van der Waals surface area (Å²) in [5, 5.41) is 0.658. The van der Waals surface area contributed by atoms with Crippen LogP contribution < -0.4 is 14.4 Å². The molecule has 3 aromatic rings. The van der Waals surface area contributed by atoms with Gasteiger partial charge in [0.2, 0.25) is 0 Å². The van der Waals surface area contributed by atoms with Crippen molar-refractivity contribution in [2.75, 3.05) is 45.3 Å². The molecule has 0 saturated carbocycles. The molecule has 8 heteroatoms. The molecule has 29 heavy (non-hydrogen) atoms. The van der Waals surface area contributed by atoms with Crippen LogP contribution in [0.2, 0.25) is 0 Å². The number of thiazole rings is 1. The zero-order valence-electron chi connectivity index (χ0n) is 16.8. The number of carbonyl (C=O) groups excluding carboxylic acids is 1. The molecule has 1 aromatic heterocycles. The van der Waals surface area contributed by atoms with Crippen molar-refractivity contribution in [1.29, 1.82) is 0 Å². The smallest absolute Gasteiger partial charge is 0.266 e. The van der Waals surface area contributed by atoms with Crippen molar-refractivity contribution in [2.45, 2.75) is 6.92 Å². The highest BCUT2D eigenvalue weighted by molar-refractivity contribution is 7.22. The summed E-state index contributed by atoms with van der Waals surface area (Å²) >= 11 is 1.49. The lowest BCUT2D eigenvalue weighted by Gasteiger charge is -2.22. The standard InChI is InChI=1S/C21H25N3O3S.ClH/c1-4-26-17-11-8-12-18-20(17)22-21(28-18)24(14-13-23(2)3)19(25)15-27-16-9-6-5-7-10-16;/h5-12H,4,13-15H2,1-3H3;1H. The Bertz CT molecular complexity index is 918. The number of fused-ring (bicyclic) bond motifs is 1. The number of likely N-dealkylation sites (N-methyl/N-ethyl adjacent to an activating group) is 1. The fraction of sp³-hybridized carbons (Fsp3) is 0.333. The van der Waals surface area contributed by atoms with Gasteiger partial charge in [-0.3, -0.25) is 9.69 Å². The van der Waals surface area contributed by atoms with Crippen LogP contribution in [0.3, 0.4) is 0 Å². The minimum atomic E-state index is -0.122. The van der Waals surface area contributed by atoms with E-state index < -0.39 is 0 Å². The van der Waals surface area contributed by atoms with Crippen LogP contribution in [0.1, 0.15) is 6.92 Å². The van der Waals surface area contributed by atoms with Gasteiger partial charge in [-0.15, -0.1) is 12.4 Å². The first kappa shape index (κ1) is 22.9. The van der Waals surface area contributed by atoms with Crippen molar-refractivity contribution >= 4 is 45.0 Å². The third-order valence-electron chi connectivity index (χ3n) is 4.08. The average molecular weight is 436 g/mol. The largest absolute Gasteiger partial charge is 0.492 e. The first-order valence-corrected chi connectivity index (χ1v) is 10.1. The average Bonchev–Trinajstić information content (AvgIpc) is 3.12. The number of hydrogen-bond donors (Lipinski definition) is 0. The maximum absolute atomic E-state index is 12.9. The summed E-state index contributed by atoms with van der Waals surface area (Å²) in [6, 6.07) is 15.2. The molecule has 3 rings (SSSR count). The third kappa shape index (κ3) is 6.06. The fourth-order valence-corrected chi connectivity index (χ4v) is 3.69. The first-order valence-electron chi connectivity index (χ1n) is 9.23. The number of halogens is 1. The molecule has 0 bridgehead atoms. The molecule has 0 unspecified atom stereocenters. The van der Waals surface area contributed by atoms with Crippen LogP contribution in [0.4, 0.5) is 5.13 Å². The summed E-state index contributed by atoms with van der Waals surface area (Å²) < 4.78 is 12.3. The van der Waals surface area contributed by atoms with Gasteiger partial charge in [0.25, 0.3) is 5.91 Å². The number of rotatable bonds is 9. The predicted molar refractivity (Wildman–Crippen MR) is 121 cm³/mol. The number of anilines is 1. The van der Waals surface area contributed by atoms with Gasteiger partial charge >= 0.3 is 0 Å². The topological polar surface area (TPSA) is 54.9 Å². The number of carbonyl (C=O) groups is 1. The van der Waals surface area contributed by atoms with E-state index in [1.807, 2.05) is 74.4 Å². The molecule has 0 spiro atoms. The highest BCUT2D eigenvalue weighted by atomic mass is 35.5. The molecule has 0 saturated heterocycles. The van der Waals surface area contributed by atoms with Crippen molar-refractivity contribution < 1.29 is 14.3 Å². The Kier molecular flexibility index (Phi) is 8.70. The molecule has 1 heterocycles. The SMILES string of the molecule is CCOc1cccc2sc(N(CCN(C)C)C(=O)COc3ccccc3)nc12.Cl. The number of para-hydroxylation sites is 2. The monoisotopic (exact) mass is 435 g/mol. The Morgan fingerprint density at radius 3 is 2.48 bits per heavy atom. The van der Waals surface area contributed by atoms with Crippen molar-refractivity contribution in [3.05, 3.63) is 48.5 Å². The lowest BCUT2D eigenvalue weighted by molar-refractivity contribution is -0.120. The maximum atomic E-state index is 12.9. The number of amides is 1. The molecule has 0 aliphatic rings. The van der Waals surface area contributed by atoms with Gasteiger partial charge in [-0.2, -0.15) is 0 Å². The van der Waals surface area contributed by atoms with E-state index in [0.29, 0.717) is 24.0 Å². The van der Waals surface area contributed by atoms with E-state index in [1.54, 1.807) is 4.90 Å². The molecule has 0 N–H and O–H groups in total. The van der Waals surface area contributed by atoms with E-state index in [4.69, 9.17) is 14.5 Å². The summed E-state index contributed by atoms with van der Waals surface area (Å²) in [7, 11) is 3.96. The van der Waals surface area contributed by atoms with E-state index in [9.17, 15) is 4.79 Å². The molecule has 0 radical (unpaired) electrons. The van der Waals surface area contributed by atoms with Gasteiger partial charge in [-0.25, -0.2) is 4.98 Å². The lowest BCUT2D eigenvalue weighted by atomic mass is 10.3. The van der Waals surface area contributed by atoms with Crippen molar-refractivity contribution in [3.8, 4) is 11.5 Å². The van der Waals surface area contributed by atoms with Crippen LogP contribution in [0.25, 0.3) is 10.2 Å². The van der Waals surface area contributed by atoms with Gasteiger partial charge in [0, 0.05) is 13.1 Å². The quantitative estimate of drug-likeness (QED) is 0.506. The van der Waals surface area contributed by atoms with Gasteiger partial charge in [0.15, 0.2) is 11.7 Å². The molecule has 0 atom stereocenters. The fourth-order valence-electron chi connectivity index (χ4n) is 2.67. The molecule has 0 aliphatic carbocycles. The third-order valence-corrected chi connectivity index (χ3v) is 5.12. The Morgan fingerprint density at radius 1 is 1.03 bits per heavy atom. The molecular weight excluding hydrogens is 410 g/mol. The van der Waals surface area contributed by atoms with Crippen LogP contribution in [0.15, 0.2) is 48.5 Å². The van der Waals surface area contributed by atoms with E-state index in [0.717, 1.165) is 22.5 Å². The van der Waals surface area contributed by atoms with Crippen LogP contribution in [0, 0.1) is 0 Å². The first-order chi connectivity index (χ1) is 13.6. The van der Waals surface area contributed by atoms with E-state index in [-0.39, 0.29) is 24.9 Å². The van der Waals surface area contributed by atoms with Crippen LogP contribution in [-0.4, -0.2) is 56.2 Å². The molecule has 1 amide bonds. The highest BCUT2D eigenvalue weighted by Gasteiger charge is 2.21. The van der Waals surface area contributed by atoms with E-state index in [2.05, 4.69) is 0 Å². The zero-order valence-corrected chi connectivity index (χ0v) is 18.5. The second kappa shape index (κ2) is 11.0. The summed E-state index contributed by atoms with van der Waals surface area (Å²) in [5.74, 6) is 1.29. The van der Waals surface area contributed by atoms with Crippen LogP contribution in [-0.2, 0) is 4.79 Å². The van der Waals surface area contributed by atoms with Crippen molar-refractivity contribution in [2.24, 2.45) is 0 Å². The number of hydrogen-bond acceptors (Lipinski definition) is 6. The molecule has 0 aliphatic heterocycles. The number of benzene rings is 2. The zero-order chi connectivity index (χ0) is 19.9. The van der Waals surface area contributed by atoms with E-state index in [1.165, 1.54) is 11.3 Å². The van der Waals surface area contributed by atoms with Crippen LogP contribution in [0.5, 0.6) is 11.5 Å². The molecule has 156 valence electrons. The minimum absolute atomic E-state index is 0. The van der Waals surface area contributed by atoms with Gasteiger partial charge in [-0.05, 0) is 45.3 Å². The summed E-state index contributed by atoms with van der Waals surface area (Å²) in [6.07, 6.45) is 0. The van der Waals surface area contributed by atoms with Gasteiger partial charge in [0.05, 0.1) is 11.3 Å². The van der Waals surface area contributed by atoms with Gasteiger partial charge < -0.3 is 14.4 Å². The Morgan fingerprint density at radius 2 is 1.79 bits per heavy atom. The second-order valence-electron chi connectivity index (χ2n) is 6.48. The Hall–Kier alpha value is -2.35. The maximum Gasteiger partial charge on any atom is 0.266 e. The van der Waals surface area contributed by atoms with E-state index >= 15 is 0 Å². The summed E-state index contributed by atoms with van der Waals surface area (Å²) in [6.45, 7) is 3.74. The highest BCUT2D eigenvalue weighted by Crippen LogP contribution is 2.34. The lowest BCUT2D eigenvalue weighted by Crippen LogP contribution is -2.39. The number of nitrogens with zero attached hydrogens (tertiary/aromatic N) is 3. The molecule has 0 fully saturated rings. The Labute approximate surface area is 181 Å². The Balaban J connectivity index is 0.00000300. The van der Waals surface area contributed by atoms with Gasteiger partial charge in [0.1, 0.15) is 17.0 Å². The molecule has 2 aromatic carbocycles. The minimum Gasteiger partial charge on any atom is -0.492 e. The predicted octanol–water partition coefficient (Wildman–Crippen LogP) is 4.09. The molecular formula is C21H26ClN3O3S. The summed E-state index contributed by atoms with van der Waals surface area (Å²) in [4.78, 5) is 21.4. The normalized spacial score (nSPS) is 10.6. The van der Waals surface area contributed by atoms with Crippen molar-refractivity contribution in [3.63, 3.8) is 0 Å². The number of ether oxygens (including phenoxy) is 2. The van der Waals surface area contributed by atoms with Crippen molar-refractivity contribution in [1.82, 2.24) is 9.88 Å². The van der Waals surface area contributed by atoms with Crippen LogP contribution >= 0.6 is 23.7 Å². The summed E-state index contributed by atoms with van der Waals surface area (Å²) in [5.41, 5.74) is 0.788.